The zero-order valence-electron chi connectivity index (χ0n) is 14.9. The zero-order valence-corrected chi connectivity index (χ0v) is 14.9. The molecule has 0 bridgehead atoms. The Hall–Kier alpha value is -2.60. The van der Waals surface area contributed by atoms with Crippen molar-refractivity contribution in [2.45, 2.75) is 25.3 Å². The zero-order chi connectivity index (χ0) is 18.4. The van der Waals surface area contributed by atoms with Crippen LogP contribution in [-0.4, -0.2) is 54.7 Å². The smallest absolute Gasteiger partial charge is 0.307 e. The van der Waals surface area contributed by atoms with E-state index < -0.39 is 0 Å². The number of methoxy groups -OCH3 is 1. The summed E-state index contributed by atoms with van der Waals surface area (Å²) in [4.78, 5) is 29.3. The first-order valence-corrected chi connectivity index (χ1v) is 8.84. The van der Waals surface area contributed by atoms with Gasteiger partial charge in [0, 0.05) is 24.4 Å². The fourth-order valence-corrected chi connectivity index (χ4v) is 3.19. The van der Waals surface area contributed by atoms with Gasteiger partial charge in [0.2, 0.25) is 5.91 Å². The summed E-state index contributed by atoms with van der Waals surface area (Å²) in [5.74, 6) is -0.284. The number of rotatable bonds is 6. The number of hydrogen-bond acceptors (Lipinski definition) is 4. The molecule has 0 aliphatic carbocycles. The summed E-state index contributed by atoms with van der Waals surface area (Å²) < 4.78 is 10.1. The molecule has 0 spiro atoms. The number of benzene rings is 1. The Morgan fingerprint density at radius 1 is 1.23 bits per heavy atom. The predicted octanol–water partition coefficient (Wildman–Crippen LogP) is 2.40. The lowest BCUT2D eigenvalue weighted by Crippen LogP contribution is -2.49. The van der Waals surface area contributed by atoms with Crippen LogP contribution in [0.1, 0.15) is 18.5 Å². The molecule has 26 heavy (non-hydrogen) atoms. The fourth-order valence-electron chi connectivity index (χ4n) is 3.19. The van der Waals surface area contributed by atoms with Gasteiger partial charge in [0.15, 0.2) is 0 Å². The number of amides is 1. The molecule has 3 rings (SSSR count). The molecule has 0 radical (unpaired) electrons. The number of morpholine rings is 1. The van der Waals surface area contributed by atoms with Gasteiger partial charge in [-0.05, 0) is 24.1 Å². The van der Waals surface area contributed by atoms with Crippen molar-refractivity contribution in [1.82, 2.24) is 9.88 Å². The van der Waals surface area contributed by atoms with Crippen LogP contribution in [-0.2, 0) is 25.5 Å². The lowest BCUT2D eigenvalue weighted by atomic mass is 10.1. The Kier molecular flexibility index (Phi) is 6.07. The normalized spacial score (nSPS) is 17.1. The van der Waals surface area contributed by atoms with Crippen molar-refractivity contribution in [3.8, 4) is 11.3 Å². The fraction of sp³-hybridized carbons (Fsp3) is 0.400. The molecule has 1 amide bonds. The molecule has 1 aliphatic rings. The molecule has 138 valence electrons. The van der Waals surface area contributed by atoms with Gasteiger partial charge in [-0.3, -0.25) is 9.59 Å². The van der Waals surface area contributed by atoms with Crippen molar-refractivity contribution in [2.24, 2.45) is 0 Å². The predicted molar refractivity (Wildman–Crippen MR) is 97.5 cm³/mol. The third-order valence-corrected chi connectivity index (χ3v) is 4.62. The summed E-state index contributed by atoms with van der Waals surface area (Å²) in [6, 6.07) is 13.9. The number of carbonyl (C=O) groups is 2. The van der Waals surface area contributed by atoms with Crippen LogP contribution < -0.4 is 0 Å². The van der Waals surface area contributed by atoms with Gasteiger partial charge >= 0.3 is 5.97 Å². The molecule has 6 heteroatoms. The van der Waals surface area contributed by atoms with Crippen molar-refractivity contribution < 1.29 is 19.1 Å². The van der Waals surface area contributed by atoms with Crippen LogP contribution in [0.4, 0.5) is 0 Å². The number of carbonyl (C=O) groups excluding carboxylic acids is 2. The number of nitrogens with one attached hydrogen (secondary N) is 1. The molecular weight excluding hydrogens is 332 g/mol. The molecule has 1 aromatic carbocycles. The number of H-pyrrole nitrogens is 1. The Bertz CT molecular complexity index is 741. The minimum atomic E-state index is -0.324. The van der Waals surface area contributed by atoms with Gasteiger partial charge < -0.3 is 19.4 Å². The van der Waals surface area contributed by atoms with Crippen molar-refractivity contribution in [1.29, 1.82) is 0 Å². The average Bonchev–Trinajstić information content (AvgIpc) is 3.16. The molecule has 1 aliphatic heterocycles. The minimum Gasteiger partial charge on any atom is -0.469 e. The number of aromatic amines is 1. The van der Waals surface area contributed by atoms with E-state index in [2.05, 4.69) is 4.98 Å². The maximum Gasteiger partial charge on any atom is 0.307 e. The van der Waals surface area contributed by atoms with E-state index in [0.717, 1.165) is 17.0 Å². The summed E-state index contributed by atoms with van der Waals surface area (Å²) >= 11 is 0. The van der Waals surface area contributed by atoms with E-state index in [1.807, 2.05) is 42.5 Å². The number of ether oxygens (including phenoxy) is 2. The molecule has 1 atom stereocenters. The Morgan fingerprint density at radius 2 is 2.04 bits per heavy atom. The molecule has 0 saturated carbocycles. The summed E-state index contributed by atoms with van der Waals surface area (Å²) in [5, 5.41) is 0. The number of esters is 1. The molecule has 1 aromatic heterocycles. The third kappa shape index (κ3) is 4.52. The summed E-state index contributed by atoms with van der Waals surface area (Å²) in [5.41, 5.74) is 3.19. The first-order chi connectivity index (χ1) is 12.7. The highest BCUT2D eigenvalue weighted by molar-refractivity contribution is 5.78. The standard InChI is InChI=1S/C20H24N2O4/c1-25-20(24)13-17-14-26-12-11-22(17)19(23)10-8-16-7-9-18(21-16)15-5-3-2-4-6-15/h2-7,9,17,21H,8,10-14H2,1H3. The van der Waals surface area contributed by atoms with E-state index in [1.54, 1.807) is 4.90 Å². The topological polar surface area (TPSA) is 71.6 Å². The second-order valence-corrected chi connectivity index (χ2v) is 6.36. The van der Waals surface area contributed by atoms with E-state index in [9.17, 15) is 9.59 Å². The Labute approximate surface area is 153 Å². The number of aryl methyl sites for hydroxylation is 1. The number of nitrogens with zero attached hydrogens (tertiary/aromatic N) is 1. The highest BCUT2D eigenvalue weighted by atomic mass is 16.5. The Balaban J connectivity index is 1.57. The van der Waals surface area contributed by atoms with Crippen molar-refractivity contribution >= 4 is 11.9 Å². The van der Waals surface area contributed by atoms with Crippen molar-refractivity contribution in [2.75, 3.05) is 26.9 Å². The van der Waals surface area contributed by atoms with E-state index in [4.69, 9.17) is 9.47 Å². The maximum atomic E-state index is 12.6. The van der Waals surface area contributed by atoms with Crippen LogP contribution in [0.25, 0.3) is 11.3 Å². The van der Waals surface area contributed by atoms with Crippen LogP contribution in [0.15, 0.2) is 42.5 Å². The summed E-state index contributed by atoms with van der Waals surface area (Å²) in [6.45, 7) is 1.39. The van der Waals surface area contributed by atoms with Gasteiger partial charge in [-0.15, -0.1) is 0 Å². The van der Waals surface area contributed by atoms with Crippen LogP contribution in [0.2, 0.25) is 0 Å². The number of hydrogen-bond donors (Lipinski definition) is 1. The highest BCUT2D eigenvalue weighted by Gasteiger charge is 2.29. The summed E-state index contributed by atoms with van der Waals surface area (Å²) in [7, 11) is 1.35. The molecule has 1 N–H and O–H groups in total. The van der Waals surface area contributed by atoms with Gasteiger partial charge in [0.1, 0.15) is 0 Å². The van der Waals surface area contributed by atoms with Gasteiger partial charge in [0.25, 0.3) is 0 Å². The van der Waals surface area contributed by atoms with E-state index in [0.29, 0.717) is 32.6 Å². The highest BCUT2D eigenvalue weighted by Crippen LogP contribution is 2.19. The molecule has 6 nitrogen and oxygen atoms in total. The largest absolute Gasteiger partial charge is 0.469 e. The second kappa shape index (κ2) is 8.67. The van der Waals surface area contributed by atoms with Crippen molar-refractivity contribution in [3.05, 3.63) is 48.2 Å². The van der Waals surface area contributed by atoms with E-state index in [-0.39, 0.29) is 24.3 Å². The van der Waals surface area contributed by atoms with Gasteiger partial charge in [0.05, 0.1) is 32.8 Å². The van der Waals surface area contributed by atoms with E-state index in [1.165, 1.54) is 7.11 Å². The molecular formula is C20H24N2O4. The molecule has 2 aromatic rings. The van der Waals surface area contributed by atoms with Gasteiger partial charge in [-0.25, -0.2) is 0 Å². The summed E-state index contributed by atoms with van der Waals surface area (Å²) in [6.07, 6.45) is 1.20. The number of aromatic nitrogens is 1. The first kappa shape index (κ1) is 18.2. The van der Waals surface area contributed by atoms with Crippen LogP contribution in [0.3, 0.4) is 0 Å². The van der Waals surface area contributed by atoms with Crippen LogP contribution >= 0.6 is 0 Å². The van der Waals surface area contributed by atoms with Gasteiger partial charge in [-0.1, -0.05) is 30.3 Å². The maximum absolute atomic E-state index is 12.6. The second-order valence-electron chi connectivity index (χ2n) is 6.36. The van der Waals surface area contributed by atoms with Gasteiger partial charge in [-0.2, -0.15) is 0 Å². The molecule has 1 unspecified atom stereocenters. The SMILES string of the molecule is COC(=O)CC1COCCN1C(=O)CCc1ccc(-c2ccccc2)[nH]1. The molecule has 1 saturated heterocycles. The molecule has 2 heterocycles. The average molecular weight is 356 g/mol. The minimum absolute atomic E-state index is 0.0399. The molecule has 1 fully saturated rings. The van der Waals surface area contributed by atoms with Crippen LogP contribution in [0, 0.1) is 0 Å². The third-order valence-electron chi connectivity index (χ3n) is 4.62. The first-order valence-electron chi connectivity index (χ1n) is 8.84. The van der Waals surface area contributed by atoms with Crippen LogP contribution in [0.5, 0.6) is 0 Å². The Morgan fingerprint density at radius 3 is 2.81 bits per heavy atom. The van der Waals surface area contributed by atoms with E-state index >= 15 is 0 Å². The monoisotopic (exact) mass is 356 g/mol. The lowest BCUT2D eigenvalue weighted by Gasteiger charge is -2.35. The van der Waals surface area contributed by atoms with Crippen molar-refractivity contribution in [3.63, 3.8) is 0 Å². The quantitative estimate of drug-likeness (QED) is 0.807. The lowest BCUT2D eigenvalue weighted by molar-refractivity contribution is -0.148.